The molecule has 160 valence electrons. The molecule has 3 aromatic rings. The van der Waals surface area contributed by atoms with Gasteiger partial charge in [0.05, 0.1) is 0 Å². The quantitative estimate of drug-likeness (QED) is 0.352. The number of rotatable bonds is 7. The number of ether oxygens (including phenoxy) is 2. The summed E-state index contributed by atoms with van der Waals surface area (Å²) >= 11 is 0. The van der Waals surface area contributed by atoms with Crippen LogP contribution >= 0.6 is 0 Å². The molecule has 0 fully saturated rings. The summed E-state index contributed by atoms with van der Waals surface area (Å²) in [6.07, 6.45) is 3.65. The van der Waals surface area contributed by atoms with E-state index < -0.39 is 11.6 Å². The molecule has 0 N–H and O–H groups in total. The number of carbonyl (C=O) groups is 2. The number of nitrogens with zero attached hydrogens (tertiary/aromatic N) is 1. The Labute approximate surface area is 183 Å². The average molecular weight is 418 g/mol. The summed E-state index contributed by atoms with van der Waals surface area (Å²) in [6.45, 7) is 7.44. The molecule has 0 aliphatic rings. The molecule has 0 saturated heterocycles. The summed E-state index contributed by atoms with van der Waals surface area (Å²) in [5.41, 5.74) is 3.13. The van der Waals surface area contributed by atoms with E-state index in [0.717, 1.165) is 23.0 Å². The fourth-order valence-electron chi connectivity index (χ4n) is 3.25. The minimum Gasteiger partial charge on any atom is -0.457 e. The molecule has 5 heteroatoms. The Bertz CT molecular complexity index is 1080. The molecule has 0 aliphatic heterocycles. The first-order chi connectivity index (χ1) is 14.8. The third-order valence-electron chi connectivity index (χ3n) is 4.65. The molecule has 0 bridgehead atoms. The van der Waals surface area contributed by atoms with Gasteiger partial charge >= 0.3 is 5.97 Å². The van der Waals surface area contributed by atoms with Crippen LogP contribution in [-0.2, 0) is 16.0 Å². The summed E-state index contributed by atoms with van der Waals surface area (Å²) in [4.78, 5) is 27.7. The molecule has 0 aliphatic carbocycles. The van der Waals surface area contributed by atoms with Crippen molar-refractivity contribution >= 4 is 12.3 Å². The van der Waals surface area contributed by atoms with Gasteiger partial charge in [-0.25, -0.2) is 9.78 Å². The molecular formula is C26H27NO4. The van der Waals surface area contributed by atoms with Gasteiger partial charge < -0.3 is 14.3 Å². The van der Waals surface area contributed by atoms with Gasteiger partial charge in [-0.1, -0.05) is 30.3 Å². The van der Waals surface area contributed by atoms with Crippen molar-refractivity contribution in [3.05, 3.63) is 77.6 Å². The van der Waals surface area contributed by atoms with E-state index in [2.05, 4.69) is 4.98 Å². The Morgan fingerprint density at radius 1 is 1.03 bits per heavy atom. The van der Waals surface area contributed by atoms with Gasteiger partial charge in [-0.05, 0) is 75.1 Å². The fourth-order valence-corrected chi connectivity index (χ4v) is 3.25. The lowest BCUT2D eigenvalue weighted by Crippen LogP contribution is -2.24. The molecule has 0 atom stereocenters. The first kappa shape index (κ1) is 22.2. The topological polar surface area (TPSA) is 65.5 Å². The Balaban J connectivity index is 1.94. The van der Waals surface area contributed by atoms with Gasteiger partial charge in [0, 0.05) is 18.2 Å². The van der Waals surface area contributed by atoms with E-state index in [9.17, 15) is 9.59 Å². The Hall–Kier alpha value is -3.47. The molecule has 3 rings (SSSR count). The van der Waals surface area contributed by atoms with Crippen molar-refractivity contribution in [2.24, 2.45) is 0 Å². The highest BCUT2D eigenvalue weighted by Gasteiger charge is 2.23. The van der Waals surface area contributed by atoms with Gasteiger partial charge in [-0.3, -0.25) is 0 Å². The van der Waals surface area contributed by atoms with Crippen molar-refractivity contribution in [2.75, 3.05) is 0 Å². The Morgan fingerprint density at radius 2 is 1.77 bits per heavy atom. The zero-order valence-corrected chi connectivity index (χ0v) is 18.3. The summed E-state index contributed by atoms with van der Waals surface area (Å²) in [5, 5.41) is 0. The normalized spacial score (nSPS) is 11.1. The maximum atomic E-state index is 12.7. The lowest BCUT2D eigenvalue weighted by Gasteiger charge is -2.20. The number of benzene rings is 2. The minimum atomic E-state index is -0.610. The van der Waals surface area contributed by atoms with Gasteiger partial charge in [0.1, 0.15) is 23.4 Å². The third-order valence-corrected chi connectivity index (χ3v) is 4.65. The number of carbonyl (C=O) groups excluding carboxylic acids is 2. The molecule has 1 heterocycles. The van der Waals surface area contributed by atoms with E-state index in [0.29, 0.717) is 29.9 Å². The SMILES string of the molecule is Cc1c(Oc2cccc(CCC=O)c2)cccc1-c1cccnc1C(=O)OC(C)(C)C. The van der Waals surface area contributed by atoms with Crippen LogP contribution in [0.5, 0.6) is 11.5 Å². The second kappa shape index (κ2) is 9.56. The van der Waals surface area contributed by atoms with Gasteiger partial charge in [0.15, 0.2) is 5.69 Å². The predicted molar refractivity (Wildman–Crippen MR) is 120 cm³/mol. The van der Waals surface area contributed by atoms with E-state index >= 15 is 0 Å². The molecule has 0 amide bonds. The van der Waals surface area contributed by atoms with E-state index in [1.807, 2.05) is 76.2 Å². The maximum absolute atomic E-state index is 12.7. The number of aldehydes is 1. The van der Waals surface area contributed by atoms with Crippen LogP contribution < -0.4 is 4.74 Å². The van der Waals surface area contributed by atoms with Crippen LogP contribution in [0.1, 0.15) is 48.8 Å². The van der Waals surface area contributed by atoms with E-state index in [-0.39, 0.29) is 5.69 Å². The molecule has 0 saturated carbocycles. The van der Waals surface area contributed by atoms with Crippen LogP contribution in [0.2, 0.25) is 0 Å². The highest BCUT2D eigenvalue weighted by molar-refractivity contribution is 5.96. The fraction of sp³-hybridized carbons (Fsp3) is 0.269. The van der Waals surface area contributed by atoms with Crippen molar-refractivity contribution in [1.29, 1.82) is 0 Å². The number of hydrogen-bond donors (Lipinski definition) is 0. The number of hydrogen-bond acceptors (Lipinski definition) is 5. The highest BCUT2D eigenvalue weighted by Crippen LogP contribution is 2.34. The first-order valence-corrected chi connectivity index (χ1v) is 10.3. The number of esters is 1. The predicted octanol–water partition coefficient (Wildman–Crippen LogP) is 5.94. The van der Waals surface area contributed by atoms with Crippen molar-refractivity contribution in [3.8, 4) is 22.6 Å². The molecular weight excluding hydrogens is 390 g/mol. The Morgan fingerprint density at radius 3 is 2.52 bits per heavy atom. The van der Waals surface area contributed by atoms with Gasteiger partial charge in [0.2, 0.25) is 0 Å². The zero-order valence-electron chi connectivity index (χ0n) is 18.3. The van der Waals surface area contributed by atoms with Gasteiger partial charge in [-0.2, -0.15) is 0 Å². The number of aryl methyl sites for hydroxylation is 1. The number of pyridine rings is 1. The second-order valence-electron chi connectivity index (χ2n) is 8.28. The highest BCUT2D eigenvalue weighted by atomic mass is 16.6. The van der Waals surface area contributed by atoms with E-state index in [4.69, 9.17) is 9.47 Å². The standard InChI is InChI=1S/C26H27NO4/c1-18-21(22-13-7-15-27-24(22)25(29)31-26(2,3)4)12-6-14-23(18)30-20-11-5-9-19(17-20)10-8-16-28/h5-7,9,11-17H,8,10H2,1-4H3. The summed E-state index contributed by atoms with van der Waals surface area (Å²) in [5.74, 6) is 0.919. The van der Waals surface area contributed by atoms with E-state index in [1.165, 1.54) is 0 Å². The Kier molecular flexibility index (Phi) is 6.85. The smallest absolute Gasteiger partial charge is 0.358 e. The molecule has 2 aromatic carbocycles. The molecule has 31 heavy (non-hydrogen) atoms. The van der Waals surface area contributed by atoms with Gasteiger partial charge in [-0.15, -0.1) is 0 Å². The van der Waals surface area contributed by atoms with Crippen LogP contribution in [-0.4, -0.2) is 22.8 Å². The number of aromatic nitrogens is 1. The summed E-state index contributed by atoms with van der Waals surface area (Å²) < 4.78 is 11.7. The molecule has 0 spiro atoms. The van der Waals surface area contributed by atoms with Crippen molar-refractivity contribution < 1.29 is 19.1 Å². The van der Waals surface area contributed by atoms with Crippen LogP contribution in [0.15, 0.2) is 60.8 Å². The largest absolute Gasteiger partial charge is 0.457 e. The summed E-state index contributed by atoms with van der Waals surface area (Å²) in [6, 6.07) is 17.1. The van der Waals surface area contributed by atoms with Crippen LogP contribution in [0.25, 0.3) is 11.1 Å². The first-order valence-electron chi connectivity index (χ1n) is 10.3. The lowest BCUT2D eigenvalue weighted by atomic mass is 9.98. The zero-order chi connectivity index (χ0) is 22.4. The van der Waals surface area contributed by atoms with Gasteiger partial charge in [0.25, 0.3) is 0 Å². The molecule has 5 nitrogen and oxygen atoms in total. The third kappa shape index (κ3) is 5.79. The molecule has 0 unspecified atom stereocenters. The van der Waals surface area contributed by atoms with E-state index in [1.54, 1.807) is 12.3 Å². The van der Waals surface area contributed by atoms with Crippen molar-refractivity contribution in [2.45, 2.75) is 46.1 Å². The molecule has 0 radical (unpaired) electrons. The minimum absolute atomic E-state index is 0.272. The summed E-state index contributed by atoms with van der Waals surface area (Å²) in [7, 11) is 0. The van der Waals surface area contributed by atoms with Crippen molar-refractivity contribution in [1.82, 2.24) is 4.98 Å². The van der Waals surface area contributed by atoms with Crippen LogP contribution in [0.3, 0.4) is 0 Å². The second-order valence-corrected chi connectivity index (χ2v) is 8.28. The average Bonchev–Trinajstić information content (AvgIpc) is 2.73. The van der Waals surface area contributed by atoms with Crippen molar-refractivity contribution in [3.63, 3.8) is 0 Å². The molecule has 1 aromatic heterocycles. The lowest BCUT2D eigenvalue weighted by molar-refractivity contribution is -0.107. The monoisotopic (exact) mass is 417 g/mol. The van der Waals surface area contributed by atoms with Crippen LogP contribution in [0.4, 0.5) is 0 Å². The maximum Gasteiger partial charge on any atom is 0.358 e. The van der Waals surface area contributed by atoms with Crippen LogP contribution in [0, 0.1) is 6.92 Å².